The topological polar surface area (TPSA) is 118 Å². The third-order valence-electron chi connectivity index (χ3n) is 5.72. The number of aliphatic hydroxyl groups is 1. The highest BCUT2D eigenvalue weighted by Crippen LogP contribution is 2.40. The molecule has 4 rings (SSSR count). The molecule has 1 aromatic heterocycles. The van der Waals surface area contributed by atoms with Crippen molar-refractivity contribution in [2.24, 2.45) is 0 Å². The number of aromatic carboxylic acids is 1. The van der Waals surface area contributed by atoms with Crippen molar-refractivity contribution >= 4 is 64.1 Å². The number of nitrogens with zero attached hydrogens (tertiary/aromatic N) is 1. The number of carboxylic acids is 1. The third-order valence-corrected chi connectivity index (χ3v) is 7.37. The lowest BCUT2D eigenvalue weighted by Gasteiger charge is -2.36. The number of nitrogens with one attached hydrogen (secondary N) is 1. The van der Waals surface area contributed by atoms with E-state index >= 15 is 0 Å². The molecule has 3 N–H and O–H groups in total. The molecular weight excluding hydrogens is 575 g/mol. The molecule has 38 heavy (non-hydrogen) atoms. The van der Waals surface area contributed by atoms with Crippen molar-refractivity contribution in [2.75, 3.05) is 11.1 Å². The number of carbonyl (C=O) groups excluding carboxylic acids is 1. The summed E-state index contributed by atoms with van der Waals surface area (Å²) >= 11 is 18.2. The fourth-order valence-corrected chi connectivity index (χ4v) is 4.94. The number of ether oxygens (including phenoxy) is 2. The van der Waals surface area contributed by atoms with Crippen LogP contribution in [0.25, 0.3) is 0 Å². The molecule has 0 bridgehead atoms. The fraction of sp³-hybridized carbons (Fsp3) is 0.269. The van der Waals surface area contributed by atoms with Gasteiger partial charge >= 0.3 is 5.97 Å². The number of aromatic nitrogens is 1. The Bertz CT molecular complexity index is 1270. The maximum absolute atomic E-state index is 11.9. The van der Waals surface area contributed by atoms with Gasteiger partial charge in [-0.15, -0.1) is 11.8 Å². The average Bonchev–Trinajstić information content (AvgIpc) is 2.91. The lowest BCUT2D eigenvalue weighted by atomic mass is 10.0. The number of carbonyl (C=O) groups is 2. The summed E-state index contributed by atoms with van der Waals surface area (Å²) in [5.74, 6) is -1.38. The summed E-state index contributed by atoms with van der Waals surface area (Å²) < 4.78 is 10.5. The minimum absolute atomic E-state index is 0.0616. The van der Waals surface area contributed by atoms with Crippen LogP contribution in [0.3, 0.4) is 0 Å². The number of aliphatic hydroxyl groups excluding tert-OH is 1. The number of amides is 1. The predicted molar refractivity (Wildman–Crippen MR) is 146 cm³/mol. The summed E-state index contributed by atoms with van der Waals surface area (Å²) in [6.07, 6.45) is 0.718. The molecule has 1 aliphatic rings. The van der Waals surface area contributed by atoms with Crippen LogP contribution in [0.1, 0.15) is 45.9 Å². The molecule has 0 saturated carbocycles. The smallest absolute Gasteiger partial charge is 0.338 e. The first-order valence-electron chi connectivity index (χ1n) is 11.4. The number of carboxylic acid groups (broad SMARTS) is 1. The number of alkyl halides is 3. The van der Waals surface area contributed by atoms with Crippen molar-refractivity contribution in [1.82, 2.24) is 4.98 Å². The van der Waals surface area contributed by atoms with Crippen LogP contribution in [-0.2, 0) is 20.9 Å². The summed E-state index contributed by atoms with van der Waals surface area (Å²) in [7, 11) is 0. The molecule has 3 aromatic rings. The number of rotatable bonds is 8. The molecule has 1 saturated heterocycles. The highest BCUT2D eigenvalue weighted by molar-refractivity contribution is 7.99. The minimum Gasteiger partial charge on any atom is -0.478 e. The van der Waals surface area contributed by atoms with E-state index in [0.717, 1.165) is 11.1 Å². The van der Waals surface area contributed by atoms with Crippen LogP contribution in [-0.4, -0.2) is 42.7 Å². The highest BCUT2D eigenvalue weighted by Gasteiger charge is 2.33. The van der Waals surface area contributed by atoms with Gasteiger partial charge in [-0.25, -0.2) is 9.78 Å². The summed E-state index contributed by atoms with van der Waals surface area (Å²) in [4.78, 5) is 27.7. The van der Waals surface area contributed by atoms with Gasteiger partial charge < -0.3 is 25.0 Å². The number of halogens is 3. The maximum Gasteiger partial charge on any atom is 0.338 e. The SMILES string of the molecule is O=C(O)c1cccnc1SC[C@@H]1C[C@H](c2ccc(CO)cc2)O[C@H](c2ccc(NC(=O)C(Cl)(Cl)Cl)cc2)O1. The number of pyridine rings is 1. The average molecular weight is 598 g/mol. The van der Waals surface area contributed by atoms with E-state index in [0.29, 0.717) is 28.5 Å². The fourth-order valence-electron chi connectivity index (χ4n) is 3.79. The largest absolute Gasteiger partial charge is 0.478 e. The maximum atomic E-state index is 11.9. The van der Waals surface area contributed by atoms with E-state index < -0.39 is 22.0 Å². The zero-order valence-electron chi connectivity index (χ0n) is 19.7. The second kappa shape index (κ2) is 12.7. The van der Waals surface area contributed by atoms with E-state index in [-0.39, 0.29) is 24.4 Å². The Morgan fingerprint density at radius 1 is 1.03 bits per heavy atom. The van der Waals surface area contributed by atoms with Gasteiger partial charge in [0, 0.05) is 29.6 Å². The molecule has 1 fully saturated rings. The van der Waals surface area contributed by atoms with Gasteiger partial charge in [0.15, 0.2) is 6.29 Å². The standard InChI is InChI=1S/C26H23Cl3N2O6S/c27-26(28,29)25(35)31-18-9-7-17(8-10-18)24-36-19(14-38-22-20(23(33)34)2-1-11-30-22)12-21(37-24)16-5-3-15(13-32)4-6-16/h1-11,19,21,24,32H,12-14H2,(H,31,35)(H,33,34)/t19-,21+,24+/m0/s1. The van der Waals surface area contributed by atoms with Crippen molar-refractivity contribution in [2.45, 2.75) is 40.3 Å². The van der Waals surface area contributed by atoms with Gasteiger partial charge in [0.1, 0.15) is 5.03 Å². The Balaban J connectivity index is 1.53. The second-order valence-electron chi connectivity index (χ2n) is 8.40. The van der Waals surface area contributed by atoms with Crippen LogP contribution < -0.4 is 5.32 Å². The van der Waals surface area contributed by atoms with Gasteiger partial charge in [-0.05, 0) is 35.4 Å². The first-order valence-corrected chi connectivity index (χ1v) is 13.6. The zero-order chi connectivity index (χ0) is 27.3. The van der Waals surface area contributed by atoms with Crippen molar-refractivity contribution in [3.63, 3.8) is 0 Å². The summed E-state index contributed by atoms with van der Waals surface area (Å²) in [6.45, 7) is -0.0616. The van der Waals surface area contributed by atoms with E-state index in [4.69, 9.17) is 44.3 Å². The van der Waals surface area contributed by atoms with Gasteiger partial charge in [0.2, 0.25) is 0 Å². The molecule has 1 aliphatic heterocycles. The normalized spacial score (nSPS) is 19.6. The molecule has 8 nitrogen and oxygen atoms in total. The van der Waals surface area contributed by atoms with E-state index in [1.807, 2.05) is 24.3 Å². The molecule has 200 valence electrons. The van der Waals surface area contributed by atoms with E-state index in [1.165, 1.54) is 17.8 Å². The summed E-state index contributed by atoms with van der Waals surface area (Å²) in [6, 6.07) is 17.3. The zero-order valence-corrected chi connectivity index (χ0v) is 22.8. The molecule has 3 atom stereocenters. The van der Waals surface area contributed by atoms with Gasteiger partial charge in [-0.3, -0.25) is 4.79 Å². The quantitative estimate of drug-likeness (QED) is 0.216. The Kier molecular flexibility index (Phi) is 9.54. The molecule has 2 aromatic carbocycles. The van der Waals surface area contributed by atoms with Crippen LogP contribution in [0.4, 0.5) is 5.69 Å². The van der Waals surface area contributed by atoms with Gasteiger partial charge in [-0.1, -0.05) is 71.2 Å². The predicted octanol–water partition coefficient (Wildman–Crippen LogP) is 5.92. The minimum atomic E-state index is -2.09. The van der Waals surface area contributed by atoms with Crippen LogP contribution in [0, 0.1) is 0 Å². The number of anilines is 1. The molecule has 0 radical (unpaired) electrons. The Morgan fingerprint density at radius 2 is 1.71 bits per heavy atom. The van der Waals surface area contributed by atoms with Crippen LogP contribution in [0.5, 0.6) is 0 Å². The molecule has 0 spiro atoms. The Labute approximate surface area is 238 Å². The molecule has 0 unspecified atom stereocenters. The van der Waals surface area contributed by atoms with Crippen molar-refractivity contribution in [1.29, 1.82) is 0 Å². The van der Waals surface area contributed by atoms with Crippen LogP contribution in [0.2, 0.25) is 0 Å². The highest BCUT2D eigenvalue weighted by atomic mass is 35.6. The van der Waals surface area contributed by atoms with Crippen LogP contribution >= 0.6 is 46.6 Å². The molecule has 1 amide bonds. The first-order chi connectivity index (χ1) is 18.1. The first kappa shape index (κ1) is 28.6. The van der Waals surface area contributed by atoms with E-state index in [2.05, 4.69) is 10.3 Å². The van der Waals surface area contributed by atoms with E-state index in [9.17, 15) is 19.8 Å². The van der Waals surface area contributed by atoms with Crippen molar-refractivity contribution in [3.8, 4) is 0 Å². The Morgan fingerprint density at radius 3 is 2.34 bits per heavy atom. The lowest BCUT2D eigenvalue weighted by Crippen LogP contribution is -2.31. The lowest BCUT2D eigenvalue weighted by molar-refractivity contribution is -0.245. The molecule has 2 heterocycles. The number of hydrogen-bond acceptors (Lipinski definition) is 7. The molecule has 12 heteroatoms. The van der Waals surface area contributed by atoms with Gasteiger partial charge in [0.25, 0.3) is 9.70 Å². The van der Waals surface area contributed by atoms with Crippen molar-refractivity contribution in [3.05, 3.63) is 89.1 Å². The number of benzene rings is 2. The summed E-state index contributed by atoms with van der Waals surface area (Å²) in [5.41, 5.74) is 2.97. The molecule has 0 aliphatic carbocycles. The molecular formula is C26H23Cl3N2O6S. The monoisotopic (exact) mass is 596 g/mol. The van der Waals surface area contributed by atoms with Gasteiger partial charge in [-0.2, -0.15) is 0 Å². The Hall–Kier alpha value is -2.37. The van der Waals surface area contributed by atoms with Crippen molar-refractivity contribution < 1.29 is 29.3 Å². The number of hydrogen-bond donors (Lipinski definition) is 3. The summed E-state index contributed by atoms with van der Waals surface area (Å²) in [5, 5.41) is 21.8. The van der Waals surface area contributed by atoms with Gasteiger partial charge in [0.05, 0.1) is 24.4 Å². The second-order valence-corrected chi connectivity index (χ2v) is 11.7. The number of thioether (sulfide) groups is 1. The van der Waals surface area contributed by atoms with Crippen LogP contribution in [0.15, 0.2) is 71.9 Å². The third kappa shape index (κ3) is 7.39. The van der Waals surface area contributed by atoms with E-state index in [1.54, 1.807) is 36.5 Å².